The highest BCUT2D eigenvalue weighted by molar-refractivity contribution is 5.88. The molecular formula is C23H24N2O4. The van der Waals surface area contributed by atoms with Crippen molar-refractivity contribution in [3.63, 3.8) is 0 Å². The van der Waals surface area contributed by atoms with Gasteiger partial charge in [-0.15, -0.1) is 0 Å². The fourth-order valence-electron chi connectivity index (χ4n) is 4.88. The van der Waals surface area contributed by atoms with Crippen LogP contribution >= 0.6 is 0 Å². The van der Waals surface area contributed by atoms with Crippen molar-refractivity contribution in [1.82, 2.24) is 9.47 Å². The number of fused-ring (bicyclic) bond motifs is 4. The summed E-state index contributed by atoms with van der Waals surface area (Å²) in [5.74, 6) is -0.210. The molecule has 6 heteroatoms. The number of aromatic nitrogens is 1. The first-order valence-electron chi connectivity index (χ1n) is 10.2. The minimum absolute atomic E-state index is 0.0246. The van der Waals surface area contributed by atoms with Crippen LogP contribution in [0.1, 0.15) is 48.2 Å². The molecule has 5 rings (SSSR count). The number of carboxylic acids is 1. The van der Waals surface area contributed by atoms with Gasteiger partial charge in [-0.1, -0.05) is 19.1 Å². The standard InChI is InChI=1S/C23H24N2O4/c1-23(6-7-23)22(29)24-11-14-8-18(13-24)19-9-17(10-20(26)25(19)12-14)15-2-4-16(5-3-15)21(27)28/h2-5,9-10,14,18H,6-8,11-13H2,1H3,(H,27,28)/t14-,18+/m0/s1. The zero-order valence-electron chi connectivity index (χ0n) is 16.4. The van der Waals surface area contributed by atoms with Crippen molar-refractivity contribution in [2.75, 3.05) is 13.1 Å². The van der Waals surface area contributed by atoms with Crippen molar-refractivity contribution < 1.29 is 14.7 Å². The smallest absolute Gasteiger partial charge is 0.335 e. The molecule has 1 aromatic heterocycles. The molecule has 1 saturated carbocycles. The number of pyridine rings is 1. The van der Waals surface area contributed by atoms with Gasteiger partial charge in [-0.2, -0.15) is 0 Å². The van der Waals surface area contributed by atoms with Crippen LogP contribution in [0, 0.1) is 11.3 Å². The average Bonchev–Trinajstić information content (AvgIpc) is 3.46. The molecule has 2 fully saturated rings. The van der Waals surface area contributed by atoms with Gasteiger partial charge >= 0.3 is 5.97 Å². The molecule has 1 saturated heterocycles. The van der Waals surface area contributed by atoms with Crippen LogP contribution in [0.5, 0.6) is 0 Å². The summed E-state index contributed by atoms with van der Waals surface area (Å²) in [5, 5.41) is 9.09. The van der Waals surface area contributed by atoms with Crippen molar-refractivity contribution in [2.24, 2.45) is 11.3 Å². The van der Waals surface area contributed by atoms with Crippen LogP contribution in [-0.2, 0) is 11.3 Å². The summed E-state index contributed by atoms with van der Waals surface area (Å²) in [6.45, 7) is 4.13. The summed E-state index contributed by atoms with van der Waals surface area (Å²) in [7, 11) is 0. The van der Waals surface area contributed by atoms with Crippen molar-refractivity contribution in [2.45, 2.75) is 38.6 Å². The Balaban J connectivity index is 1.48. The molecule has 1 N–H and O–H groups in total. The first kappa shape index (κ1) is 18.2. The van der Waals surface area contributed by atoms with Gasteiger partial charge in [0.15, 0.2) is 0 Å². The van der Waals surface area contributed by atoms with Crippen LogP contribution in [0.4, 0.5) is 0 Å². The number of piperidine rings is 1. The van der Waals surface area contributed by atoms with Gasteiger partial charge in [0.2, 0.25) is 5.91 Å². The molecule has 3 aliphatic rings. The molecule has 0 unspecified atom stereocenters. The molecule has 6 nitrogen and oxygen atoms in total. The minimum atomic E-state index is -0.968. The second-order valence-corrected chi connectivity index (χ2v) is 9.07. The molecule has 1 aliphatic carbocycles. The monoisotopic (exact) mass is 392 g/mol. The summed E-state index contributed by atoms with van der Waals surface area (Å²) >= 11 is 0. The Morgan fingerprint density at radius 2 is 1.76 bits per heavy atom. The number of aromatic carboxylic acids is 1. The second kappa shape index (κ2) is 6.31. The van der Waals surface area contributed by atoms with Crippen molar-refractivity contribution >= 4 is 11.9 Å². The Kier molecular flexibility index (Phi) is 3.95. The van der Waals surface area contributed by atoms with E-state index in [9.17, 15) is 14.4 Å². The van der Waals surface area contributed by atoms with Crippen LogP contribution in [-0.4, -0.2) is 39.5 Å². The fourth-order valence-corrected chi connectivity index (χ4v) is 4.88. The van der Waals surface area contributed by atoms with E-state index in [4.69, 9.17) is 5.11 Å². The third-order valence-corrected chi connectivity index (χ3v) is 6.83. The lowest BCUT2D eigenvalue weighted by Crippen LogP contribution is -2.50. The predicted octanol–water partition coefficient (Wildman–Crippen LogP) is 2.96. The molecule has 0 spiro atoms. The van der Waals surface area contributed by atoms with Gasteiger partial charge in [0.05, 0.1) is 5.56 Å². The molecule has 2 atom stereocenters. The Bertz CT molecular complexity index is 1070. The van der Waals surface area contributed by atoms with Gasteiger partial charge in [-0.3, -0.25) is 9.59 Å². The SMILES string of the molecule is CC1(C(=O)N2C[C@@H]3C[C@H](C2)c2cc(-c4ccc(C(=O)O)cc4)cc(=O)n2C3)CC1. The van der Waals surface area contributed by atoms with Gasteiger partial charge in [-0.05, 0) is 54.5 Å². The number of benzene rings is 1. The lowest BCUT2D eigenvalue weighted by atomic mass is 9.82. The van der Waals surface area contributed by atoms with Crippen molar-refractivity contribution in [3.05, 3.63) is 58.0 Å². The van der Waals surface area contributed by atoms with Gasteiger partial charge in [0.25, 0.3) is 5.56 Å². The number of amides is 1. The van der Waals surface area contributed by atoms with Gasteiger partial charge in [0, 0.05) is 42.7 Å². The highest BCUT2D eigenvalue weighted by Crippen LogP contribution is 2.48. The highest BCUT2D eigenvalue weighted by Gasteiger charge is 2.49. The molecule has 3 heterocycles. The summed E-state index contributed by atoms with van der Waals surface area (Å²) in [6.07, 6.45) is 2.95. The first-order chi connectivity index (χ1) is 13.8. The fraction of sp³-hybridized carbons (Fsp3) is 0.435. The van der Waals surface area contributed by atoms with E-state index in [1.807, 2.05) is 15.5 Å². The van der Waals surface area contributed by atoms with Crippen LogP contribution < -0.4 is 5.56 Å². The number of likely N-dealkylation sites (tertiary alicyclic amines) is 1. The number of hydrogen-bond acceptors (Lipinski definition) is 3. The number of carboxylic acid groups (broad SMARTS) is 1. The number of nitrogens with zero attached hydrogens (tertiary/aromatic N) is 2. The molecule has 0 radical (unpaired) electrons. The van der Waals surface area contributed by atoms with E-state index in [1.54, 1.807) is 30.3 Å². The molecule has 150 valence electrons. The van der Waals surface area contributed by atoms with Crippen LogP contribution in [0.2, 0.25) is 0 Å². The van der Waals surface area contributed by atoms with Crippen LogP contribution in [0.3, 0.4) is 0 Å². The number of hydrogen-bond donors (Lipinski definition) is 1. The van der Waals surface area contributed by atoms with Gasteiger partial charge < -0.3 is 14.6 Å². The maximum atomic E-state index is 12.9. The third-order valence-electron chi connectivity index (χ3n) is 6.83. The zero-order valence-corrected chi connectivity index (χ0v) is 16.4. The zero-order chi connectivity index (χ0) is 20.3. The topological polar surface area (TPSA) is 79.6 Å². The lowest BCUT2D eigenvalue weighted by molar-refractivity contribution is -0.139. The molecule has 2 aromatic rings. The Morgan fingerprint density at radius 1 is 1.03 bits per heavy atom. The van der Waals surface area contributed by atoms with Gasteiger partial charge in [-0.25, -0.2) is 4.79 Å². The summed E-state index contributed by atoms with van der Waals surface area (Å²) in [5.41, 5.74) is 2.65. The van der Waals surface area contributed by atoms with E-state index in [2.05, 4.69) is 6.92 Å². The molecule has 1 aromatic carbocycles. The molecule has 2 aliphatic heterocycles. The quantitative estimate of drug-likeness (QED) is 0.871. The van der Waals surface area contributed by atoms with E-state index in [1.165, 1.54) is 0 Å². The van der Waals surface area contributed by atoms with E-state index in [0.717, 1.165) is 42.6 Å². The van der Waals surface area contributed by atoms with E-state index >= 15 is 0 Å². The third kappa shape index (κ3) is 3.07. The Hall–Kier alpha value is -2.89. The first-order valence-corrected chi connectivity index (χ1v) is 10.2. The number of carbonyl (C=O) groups excluding carboxylic acids is 1. The molecule has 1 amide bonds. The minimum Gasteiger partial charge on any atom is -0.478 e. The average molecular weight is 392 g/mol. The molecule has 2 bridgehead atoms. The second-order valence-electron chi connectivity index (χ2n) is 9.07. The van der Waals surface area contributed by atoms with E-state index in [-0.39, 0.29) is 28.4 Å². The Morgan fingerprint density at radius 3 is 2.41 bits per heavy atom. The van der Waals surface area contributed by atoms with Crippen molar-refractivity contribution in [1.29, 1.82) is 0 Å². The van der Waals surface area contributed by atoms with Gasteiger partial charge in [0.1, 0.15) is 0 Å². The summed E-state index contributed by atoms with van der Waals surface area (Å²) < 4.78 is 1.87. The van der Waals surface area contributed by atoms with E-state index in [0.29, 0.717) is 19.0 Å². The maximum absolute atomic E-state index is 12.9. The largest absolute Gasteiger partial charge is 0.478 e. The lowest BCUT2D eigenvalue weighted by Gasteiger charge is -2.43. The van der Waals surface area contributed by atoms with E-state index < -0.39 is 5.97 Å². The predicted molar refractivity (Wildman–Crippen MR) is 108 cm³/mol. The maximum Gasteiger partial charge on any atom is 0.335 e. The van der Waals surface area contributed by atoms with Crippen LogP contribution in [0.15, 0.2) is 41.2 Å². The van der Waals surface area contributed by atoms with Crippen molar-refractivity contribution in [3.8, 4) is 11.1 Å². The number of rotatable bonds is 3. The molecular weight excluding hydrogens is 368 g/mol. The molecule has 29 heavy (non-hydrogen) atoms. The number of carbonyl (C=O) groups is 2. The normalized spacial score (nSPS) is 24.0. The summed E-state index contributed by atoms with van der Waals surface area (Å²) in [4.78, 5) is 38.8. The Labute approximate surface area is 168 Å². The summed E-state index contributed by atoms with van der Waals surface area (Å²) in [6, 6.07) is 10.3. The highest BCUT2D eigenvalue weighted by atomic mass is 16.4. The van der Waals surface area contributed by atoms with Crippen LogP contribution in [0.25, 0.3) is 11.1 Å².